The van der Waals surface area contributed by atoms with Crippen molar-refractivity contribution in [2.24, 2.45) is 5.92 Å². The topological polar surface area (TPSA) is 84.3 Å². The van der Waals surface area contributed by atoms with Crippen LogP contribution in [0, 0.1) is 5.92 Å². The number of nitrogens with zero attached hydrogens (tertiary/aromatic N) is 3. The summed E-state index contributed by atoms with van der Waals surface area (Å²) >= 11 is 12.3. The van der Waals surface area contributed by atoms with Crippen molar-refractivity contribution in [3.63, 3.8) is 0 Å². The number of amides is 1. The third kappa shape index (κ3) is 5.58. The van der Waals surface area contributed by atoms with E-state index < -0.39 is 15.9 Å². The minimum absolute atomic E-state index is 0.138. The van der Waals surface area contributed by atoms with Crippen LogP contribution in [0.5, 0.6) is 0 Å². The van der Waals surface area contributed by atoms with Gasteiger partial charge in [0.25, 0.3) is 0 Å². The summed E-state index contributed by atoms with van der Waals surface area (Å²) in [6, 6.07) is 12.6. The largest absolute Gasteiger partial charge is 0.352 e. The molecular formula is C23H24Cl2N4O3S. The summed E-state index contributed by atoms with van der Waals surface area (Å²) in [7, 11) is -3.68. The molecule has 0 bridgehead atoms. The molecule has 2 heterocycles. The standard InChI is InChI=1S/C23H24Cl2N4O3S/c24-20-7-3-8-21(25)19(20)15-33(31,32)29-11-4-6-18(14-29)23(30)27-13-17-5-1-2-9-22(17)28-12-10-26-16-28/h1-3,5,7-10,12,16,18H,4,6,11,13-15H2,(H,27,30)/t18-/m0/s1. The molecule has 0 radical (unpaired) electrons. The molecule has 1 aliphatic rings. The number of benzene rings is 2. The number of aromatic nitrogens is 2. The first-order valence-corrected chi connectivity index (χ1v) is 13.0. The lowest BCUT2D eigenvalue weighted by atomic mass is 9.98. The molecule has 1 amide bonds. The van der Waals surface area contributed by atoms with Gasteiger partial charge in [0.05, 0.1) is 23.7 Å². The maximum atomic E-state index is 13.1. The Kier molecular flexibility index (Phi) is 7.38. The third-order valence-electron chi connectivity index (χ3n) is 5.76. The van der Waals surface area contributed by atoms with Gasteiger partial charge in [0.2, 0.25) is 15.9 Å². The highest BCUT2D eigenvalue weighted by molar-refractivity contribution is 7.88. The lowest BCUT2D eigenvalue weighted by molar-refractivity contribution is -0.126. The van der Waals surface area contributed by atoms with Crippen LogP contribution in [0.1, 0.15) is 24.0 Å². The van der Waals surface area contributed by atoms with E-state index in [1.807, 2.05) is 35.0 Å². The van der Waals surface area contributed by atoms with Gasteiger partial charge in [-0.2, -0.15) is 0 Å². The van der Waals surface area contributed by atoms with Crippen molar-refractivity contribution in [3.05, 3.63) is 82.4 Å². The van der Waals surface area contributed by atoms with Crippen molar-refractivity contribution in [1.82, 2.24) is 19.2 Å². The second kappa shape index (κ2) is 10.3. The Bertz CT molecular complexity index is 1210. The molecule has 174 valence electrons. The zero-order chi connectivity index (χ0) is 23.4. The first-order chi connectivity index (χ1) is 15.8. The van der Waals surface area contributed by atoms with Crippen LogP contribution in [-0.2, 0) is 27.1 Å². The van der Waals surface area contributed by atoms with Crippen LogP contribution >= 0.6 is 23.2 Å². The van der Waals surface area contributed by atoms with E-state index in [4.69, 9.17) is 23.2 Å². The van der Waals surface area contributed by atoms with E-state index in [0.717, 1.165) is 11.3 Å². The van der Waals surface area contributed by atoms with Crippen LogP contribution < -0.4 is 5.32 Å². The summed E-state index contributed by atoms with van der Waals surface area (Å²) in [6.07, 6.45) is 6.49. The zero-order valence-electron chi connectivity index (χ0n) is 17.8. The average molecular weight is 507 g/mol. The van der Waals surface area contributed by atoms with Crippen molar-refractivity contribution >= 4 is 39.1 Å². The predicted molar refractivity (Wildman–Crippen MR) is 129 cm³/mol. The number of hydrogen-bond donors (Lipinski definition) is 1. The SMILES string of the molecule is O=C(NCc1ccccc1-n1ccnc1)[C@H]1CCCN(S(=O)(=O)Cc2c(Cl)cccc2Cl)C1. The van der Waals surface area contributed by atoms with Gasteiger partial charge in [-0.15, -0.1) is 0 Å². The Morgan fingerprint density at radius 1 is 1.12 bits per heavy atom. The Labute approximate surface area is 203 Å². The number of halogens is 2. The smallest absolute Gasteiger partial charge is 0.224 e. The number of rotatable bonds is 7. The lowest BCUT2D eigenvalue weighted by Crippen LogP contribution is -2.45. The van der Waals surface area contributed by atoms with Gasteiger partial charge < -0.3 is 9.88 Å². The van der Waals surface area contributed by atoms with Crippen molar-refractivity contribution < 1.29 is 13.2 Å². The molecule has 0 spiro atoms. The van der Waals surface area contributed by atoms with Crippen molar-refractivity contribution in [2.75, 3.05) is 13.1 Å². The highest BCUT2D eigenvalue weighted by atomic mass is 35.5. The average Bonchev–Trinajstić information content (AvgIpc) is 3.35. The molecule has 1 fully saturated rings. The monoisotopic (exact) mass is 506 g/mol. The normalized spacial score (nSPS) is 17.1. The van der Waals surface area contributed by atoms with Gasteiger partial charge in [-0.05, 0) is 36.6 Å². The second-order valence-corrected chi connectivity index (χ2v) is 10.8. The van der Waals surface area contributed by atoms with Gasteiger partial charge in [0, 0.05) is 47.6 Å². The number of nitrogens with one attached hydrogen (secondary N) is 1. The molecule has 0 saturated carbocycles. The molecule has 1 aliphatic heterocycles. The molecule has 0 aliphatic carbocycles. The number of para-hydroxylation sites is 1. The molecule has 4 rings (SSSR count). The number of hydrogen-bond acceptors (Lipinski definition) is 4. The number of piperidine rings is 1. The summed E-state index contributed by atoms with van der Waals surface area (Å²) in [5.74, 6) is -0.875. The third-order valence-corrected chi connectivity index (χ3v) is 8.24. The molecule has 3 aromatic rings. The van der Waals surface area contributed by atoms with E-state index >= 15 is 0 Å². The summed E-state index contributed by atoms with van der Waals surface area (Å²) in [5, 5.41) is 3.60. The number of sulfonamides is 1. The molecule has 1 atom stereocenters. The van der Waals surface area contributed by atoms with Gasteiger partial charge >= 0.3 is 0 Å². The zero-order valence-corrected chi connectivity index (χ0v) is 20.2. The lowest BCUT2D eigenvalue weighted by Gasteiger charge is -2.31. The van der Waals surface area contributed by atoms with E-state index in [9.17, 15) is 13.2 Å². The second-order valence-electron chi connectivity index (χ2n) is 7.97. The highest BCUT2D eigenvalue weighted by Crippen LogP contribution is 2.29. The number of imidazole rings is 1. The molecule has 1 saturated heterocycles. The van der Waals surface area contributed by atoms with Gasteiger partial charge in [0.15, 0.2) is 0 Å². The summed E-state index contributed by atoms with van der Waals surface area (Å²) < 4.78 is 29.4. The van der Waals surface area contributed by atoms with Crippen LogP contribution in [0.25, 0.3) is 5.69 Å². The van der Waals surface area contributed by atoms with Crippen molar-refractivity contribution in [1.29, 1.82) is 0 Å². The van der Waals surface area contributed by atoms with E-state index in [0.29, 0.717) is 41.5 Å². The number of carbonyl (C=O) groups excluding carboxylic acids is 1. The van der Waals surface area contributed by atoms with Gasteiger partial charge in [-0.25, -0.2) is 17.7 Å². The van der Waals surface area contributed by atoms with Crippen LogP contribution in [0.4, 0.5) is 0 Å². The van der Waals surface area contributed by atoms with E-state index in [1.165, 1.54) is 4.31 Å². The molecule has 2 aromatic carbocycles. The van der Waals surface area contributed by atoms with Gasteiger partial charge in [-0.1, -0.05) is 47.5 Å². The summed E-state index contributed by atoms with van der Waals surface area (Å²) in [5.41, 5.74) is 2.25. The van der Waals surface area contributed by atoms with E-state index in [-0.39, 0.29) is 18.2 Å². The predicted octanol–water partition coefficient (Wildman–Crippen LogP) is 4.04. The Hall–Kier alpha value is -2.39. The summed E-state index contributed by atoms with van der Waals surface area (Å²) in [4.78, 5) is 17.0. The molecular weight excluding hydrogens is 483 g/mol. The molecule has 1 aromatic heterocycles. The fourth-order valence-corrected chi connectivity index (χ4v) is 6.36. The molecule has 33 heavy (non-hydrogen) atoms. The maximum absolute atomic E-state index is 13.1. The minimum atomic E-state index is -3.68. The Morgan fingerprint density at radius 3 is 2.61 bits per heavy atom. The first-order valence-electron chi connectivity index (χ1n) is 10.6. The van der Waals surface area contributed by atoms with Gasteiger partial charge in [-0.3, -0.25) is 4.79 Å². The van der Waals surface area contributed by atoms with E-state index in [2.05, 4.69) is 10.3 Å². The van der Waals surface area contributed by atoms with E-state index in [1.54, 1.807) is 30.7 Å². The first kappa shape index (κ1) is 23.8. The molecule has 10 heteroatoms. The Morgan fingerprint density at radius 2 is 1.88 bits per heavy atom. The van der Waals surface area contributed by atoms with Crippen molar-refractivity contribution in [2.45, 2.75) is 25.1 Å². The summed E-state index contributed by atoms with van der Waals surface area (Å²) in [6.45, 7) is 0.850. The molecule has 1 N–H and O–H groups in total. The fraction of sp³-hybridized carbons (Fsp3) is 0.304. The Balaban J connectivity index is 1.41. The van der Waals surface area contributed by atoms with Crippen LogP contribution in [0.3, 0.4) is 0 Å². The molecule has 0 unspecified atom stereocenters. The van der Waals surface area contributed by atoms with Crippen LogP contribution in [-0.4, -0.2) is 41.3 Å². The highest BCUT2D eigenvalue weighted by Gasteiger charge is 2.33. The van der Waals surface area contributed by atoms with Crippen LogP contribution in [0.15, 0.2) is 61.2 Å². The quantitative estimate of drug-likeness (QED) is 0.523. The maximum Gasteiger partial charge on any atom is 0.224 e. The minimum Gasteiger partial charge on any atom is -0.352 e. The van der Waals surface area contributed by atoms with Gasteiger partial charge in [0.1, 0.15) is 0 Å². The fourth-order valence-electron chi connectivity index (χ4n) is 3.99. The number of carbonyl (C=O) groups is 1. The molecule has 7 nitrogen and oxygen atoms in total. The van der Waals surface area contributed by atoms with Crippen molar-refractivity contribution in [3.8, 4) is 5.69 Å². The van der Waals surface area contributed by atoms with Crippen LogP contribution in [0.2, 0.25) is 10.0 Å².